The van der Waals surface area contributed by atoms with Crippen molar-refractivity contribution in [2.45, 2.75) is 6.18 Å². The van der Waals surface area contributed by atoms with Gasteiger partial charge in [0.25, 0.3) is 0 Å². The van der Waals surface area contributed by atoms with E-state index in [0.29, 0.717) is 5.56 Å². The highest BCUT2D eigenvalue weighted by Crippen LogP contribution is 2.37. The average molecular weight is 411 g/mol. The first-order valence-corrected chi connectivity index (χ1v) is 8.84. The zero-order valence-electron chi connectivity index (χ0n) is 15.5. The molecule has 0 aromatic heterocycles. The standard InChI is InChI=1S/C23H16F3NO3/c24-23(25,26)19-14-15(10-12-17(19)16-6-2-1-3-7-16)11-13-21(28)27-20-9-5-4-8-18(20)22(29)30/h1-14H,(H,27,28)(H,29,30)/b13-11+. The highest BCUT2D eigenvalue weighted by atomic mass is 19.4. The van der Waals surface area contributed by atoms with Crippen molar-refractivity contribution in [1.29, 1.82) is 0 Å². The Hall–Kier alpha value is -3.87. The van der Waals surface area contributed by atoms with Crippen LogP contribution in [-0.4, -0.2) is 17.0 Å². The maximum Gasteiger partial charge on any atom is 0.417 e. The van der Waals surface area contributed by atoms with Gasteiger partial charge in [-0.1, -0.05) is 54.6 Å². The molecule has 3 aromatic carbocycles. The molecule has 0 saturated heterocycles. The van der Waals surface area contributed by atoms with E-state index in [1.54, 1.807) is 36.4 Å². The van der Waals surface area contributed by atoms with Crippen molar-refractivity contribution < 1.29 is 27.9 Å². The largest absolute Gasteiger partial charge is 0.478 e. The van der Waals surface area contributed by atoms with Crippen LogP contribution in [0.4, 0.5) is 18.9 Å². The summed E-state index contributed by atoms with van der Waals surface area (Å²) in [6, 6.07) is 17.8. The molecular formula is C23H16F3NO3. The molecule has 4 nitrogen and oxygen atoms in total. The molecule has 0 heterocycles. The quantitative estimate of drug-likeness (QED) is 0.528. The van der Waals surface area contributed by atoms with Crippen LogP contribution in [0.1, 0.15) is 21.5 Å². The molecule has 3 rings (SSSR count). The molecule has 0 aliphatic rings. The Morgan fingerprint density at radius 3 is 2.23 bits per heavy atom. The van der Waals surface area contributed by atoms with Gasteiger partial charge in [0, 0.05) is 6.08 Å². The SMILES string of the molecule is O=C(/C=C/c1ccc(-c2ccccc2)c(C(F)(F)F)c1)Nc1ccccc1C(=O)O. The number of carbonyl (C=O) groups excluding carboxylic acids is 1. The van der Waals surface area contributed by atoms with Gasteiger partial charge < -0.3 is 10.4 Å². The van der Waals surface area contributed by atoms with Crippen molar-refractivity contribution in [2.24, 2.45) is 0 Å². The van der Waals surface area contributed by atoms with E-state index >= 15 is 0 Å². The molecule has 30 heavy (non-hydrogen) atoms. The topological polar surface area (TPSA) is 66.4 Å². The predicted octanol–water partition coefficient (Wildman–Crippen LogP) is 5.72. The van der Waals surface area contributed by atoms with Crippen LogP contribution in [0.15, 0.2) is 78.9 Å². The molecule has 0 atom stereocenters. The van der Waals surface area contributed by atoms with Crippen LogP contribution in [-0.2, 0) is 11.0 Å². The third-order valence-corrected chi connectivity index (χ3v) is 4.28. The first kappa shape index (κ1) is 20.9. The summed E-state index contributed by atoms with van der Waals surface area (Å²) >= 11 is 0. The number of hydrogen-bond acceptors (Lipinski definition) is 2. The number of rotatable bonds is 5. The summed E-state index contributed by atoms with van der Waals surface area (Å²) in [6.07, 6.45) is -2.28. The number of carboxylic acid groups (broad SMARTS) is 1. The first-order valence-electron chi connectivity index (χ1n) is 8.84. The fourth-order valence-electron chi connectivity index (χ4n) is 2.89. The zero-order valence-corrected chi connectivity index (χ0v) is 15.5. The molecule has 0 aliphatic carbocycles. The molecule has 0 aliphatic heterocycles. The molecule has 152 valence electrons. The lowest BCUT2D eigenvalue weighted by Gasteiger charge is -2.14. The molecule has 3 aromatic rings. The van der Waals surface area contributed by atoms with Crippen molar-refractivity contribution in [2.75, 3.05) is 5.32 Å². The molecule has 0 unspecified atom stereocenters. The number of amides is 1. The highest BCUT2D eigenvalue weighted by molar-refractivity contribution is 6.06. The van der Waals surface area contributed by atoms with Gasteiger partial charge in [-0.05, 0) is 41.0 Å². The van der Waals surface area contributed by atoms with Crippen LogP contribution < -0.4 is 5.32 Å². The van der Waals surface area contributed by atoms with Gasteiger partial charge in [-0.25, -0.2) is 4.79 Å². The monoisotopic (exact) mass is 411 g/mol. The van der Waals surface area contributed by atoms with E-state index in [-0.39, 0.29) is 22.4 Å². The minimum Gasteiger partial charge on any atom is -0.478 e. The van der Waals surface area contributed by atoms with Gasteiger partial charge in [-0.15, -0.1) is 0 Å². The minimum atomic E-state index is -4.57. The Morgan fingerprint density at radius 1 is 0.900 bits per heavy atom. The van der Waals surface area contributed by atoms with Crippen LogP contribution in [0.5, 0.6) is 0 Å². The molecule has 0 fully saturated rings. The second kappa shape index (κ2) is 8.65. The number of hydrogen-bond donors (Lipinski definition) is 2. The Labute approximate surface area is 170 Å². The lowest BCUT2D eigenvalue weighted by Crippen LogP contribution is -2.12. The summed E-state index contributed by atoms with van der Waals surface area (Å²) in [5.41, 5.74) is -0.152. The summed E-state index contributed by atoms with van der Waals surface area (Å²) in [7, 11) is 0. The van der Waals surface area contributed by atoms with E-state index in [2.05, 4.69) is 5.32 Å². The van der Waals surface area contributed by atoms with Crippen LogP contribution >= 0.6 is 0 Å². The highest BCUT2D eigenvalue weighted by Gasteiger charge is 2.33. The third kappa shape index (κ3) is 4.94. The van der Waals surface area contributed by atoms with E-state index in [1.807, 2.05) is 0 Å². The van der Waals surface area contributed by atoms with Gasteiger partial charge in [-0.2, -0.15) is 13.2 Å². The Morgan fingerprint density at radius 2 is 1.57 bits per heavy atom. The van der Waals surface area contributed by atoms with Crippen LogP contribution in [0, 0.1) is 0 Å². The number of anilines is 1. The smallest absolute Gasteiger partial charge is 0.417 e. The van der Waals surface area contributed by atoms with Crippen LogP contribution in [0.3, 0.4) is 0 Å². The summed E-state index contributed by atoms with van der Waals surface area (Å²) < 4.78 is 40.7. The number of aromatic carboxylic acids is 1. The van der Waals surface area contributed by atoms with Crippen molar-refractivity contribution in [1.82, 2.24) is 0 Å². The lowest BCUT2D eigenvalue weighted by atomic mass is 9.97. The van der Waals surface area contributed by atoms with Gasteiger partial charge in [0.1, 0.15) is 0 Å². The number of carboxylic acids is 1. The van der Waals surface area contributed by atoms with Crippen molar-refractivity contribution in [3.63, 3.8) is 0 Å². The maximum atomic E-state index is 13.6. The first-order chi connectivity index (χ1) is 14.3. The Bertz CT molecular complexity index is 1110. The summed E-state index contributed by atoms with van der Waals surface area (Å²) in [6.45, 7) is 0. The van der Waals surface area contributed by atoms with E-state index < -0.39 is 23.6 Å². The molecule has 2 N–H and O–H groups in total. The predicted molar refractivity (Wildman–Crippen MR) is 108 cm³/mol. The normalized spacial score (nSPS) is 11.4. The second-order valence-corrected chi connectivity index (χ2v) is 6.34. The minimum absolute atomic E-state index is 0.0417. The van der Waals surface area contributed by atoms with Crippen molar-refractivity contribution in [3.05, 3.63) is 95.6 Å². The van der Waals surface area contributed by atoms with Gasteiger partial charge in [0.2, 0.25) is 5.91 Å². The summed E-state index contributed by atoms with van der Waals surface area (Å²) in [4.78, 5) is 23.3. The average Bonchev–Trinajstić information content (AvgIpc) is 2.72. The molecule has 7 heteroatoms. The van der Waals surface area contributed by atoms with Crippen molar-refractivity contribution >= 4 is 23.6 Å². The number of para-hydroxylation sites is 1. The molecular weight excluding hydrogens is 395 g/mol. The summed E-state index contributed by atoms with van der Waals surface area (Å²) in [5, 5.41) is 11.6. The molecule has 0 bridgehead atoms. The Kier molecular flexibility index (Phi) is 6.01. The number of alkyl halides is 3. The van der Waals surface area contributed by atoms with Gasteiger partial charge >= 0.3 is 12.1 Å². The Balaban J connectivity index is 1.86. The number of nitrogens with one attached hydrogen (secondary N) is 1. The molecule has 0 radical (unpaired) electrons. The van der Waals surface area contributed by atoms with Gasteiger partial charge in [0.15, 0.2) is 0 Å². The van der Waals surface area contributed by atoms with E-state index in [0.717, 1.165) is 12.1 Å². The van der Waals surface area contributed by atoms with Crippen LogP contribution in [0.25, 0.3) is 17.2 Å². The van der Waals surface area contributed by atoms with Crippen LogP contribution in [0.2, 0.25) is 0 Å². The fraction of sp³-hybridized carbons (Fsp3) is 0.0435. The van der Waals surface area contributed by atoms with E-state index in [4.69, 9.17) is 5.11 Å². The summed E-state index contributed by atoms with van der Waals surface area (Å²) in [5.74, 6) is -1.87. The zero-order chi connectivity index (χ0) is 21.7. The van der Waals surface area contributed by atoms with E-state index in [1.165, 1.54) is 36.4 Å². The number of halogens is 3. The molecule has 0 spiro atoms. The molecule has 1 amide bonds. The molecule has 0 saturated carbocycles. The lowest BCUT2D eigenvalue weighted by molar-refractivity contribution is -0.137. The third-order valence-electron chi connectivity index (χ3n) is 4.28. The second-order valence-electron chi connectivity index (χ2n) is 6.34. The maximum absolute atomic E-state index is 13.6. The number of carbonyl (C=O) groups is 2. The van der Waals surface area contributed by atoms with Gasteiger partial charge in [0.05, 0.1) is 16.8 Å². The van der Waals surface area contributed by atoms with Gasteiger partial charge in [-0.3, -0.25) is 4.79 Å². The fourth-order valence-corrected chi connectivity index (χ4v) is 2.89. The van der Waals surface area contributed by atoms with Crippen molar-refractivity contribution in [3.8, 4) is 11.1 Å². The van der Waals surface area contributed by atoms with E-state index in [9.17, 15) is 22.8 Å². The number of benzene rings is 3.